The molecule has 0 saturated carbocycles. The minimum atomic E-state index is -1.91. The van der Waals surface area contributed by atoms with E-state index in [1.165, 1.54) is 6.92 Å². The number of thioether (sulfide) groups is 1. The zero-order chi connectivity index (χ0) is 22.6. The van der Waals surface area contributed by atoms with Crippen molar-refractivity contribution in [3.8, 4) is 0 Å². The Labute approximate surface area is 186 Å². The van der Waals surface area contributed by atoms with Crippen molar-refractivity contribution in [3.63, 3.8) is 0 Å². The van der Waals surface area contributed by atoms with Crippen LogP contribution >= 0.6 is 23.1 Å². The van der Waals surface area contributed by atoms with Gasteiger partial charge in [0, 0.05) is 27.2 Å². The highest BCUT2D eigenvalue weighted by molar-refractivity contribution is 7.98. The van der Waals surface area contributed by atoms with E-state index >= 15 is 0 Å². The van der Waals surface area contributed by atoms with Crippen molar-refractivity contribution in [2.75, 3.05) is 7.11 Å². The normalized spacial score (nSPS) is 12.8. The van der Waals surface area contributed by atoms with E-state index in [4.69, 9.17) is 4.74 Å². The zero-order valence-electron chi connectivity index (χ0n) is 17.1. The maximum Gasteiger partial charge on any atom is 0.336 e. The van der Waals surface area contributed by atoms with Gasteiger partial charge in [0.25, 0.3) is 5.91 Å². The number of nitrogens with zero attached hydrogens (tertiary/aromatic N) is 1. The third kappa shape index (κ3) is 5.29. The van der Waals surface area contributed by atoms with Gasteiger partial charge in [0.05, 0.1) is 17.8 Å². The fourth-order valence-corrected chi connectivity index (χ4v) is 4.46. The SMILES string of the molecule is COC(=O)[C@@](C)(NC(=O)c1ccc(SCc2csc(C)n2)cc1)c1cc(F)ccc1F. The first-order chi connectivity index (χ1) is 14.7. The van der Waals surface area contributed by atoms with Crippen LogP contribution in [0.1, 0.15) is 33.5 Å². The van der Waals surface area contributed by atoms with Crippen molar-refractivity contribution in [1.29, 1.82) is 0 Å². The molecule has 0 saturated heterocycles. The van der Waals surface area contributed by atoms with Crippen molar-refractivity contribution in [1.82, 2.24) is 10.3 Å². The topological polar surface area (TPSA) is 68.3 Å². The van der Waals surface area contributed by atoms with E-state index in [9.17, 15) is 18.4 Å². The van der Waals surface area contributed by atoms with Crippen molar-refractivity contribution >= 4 is 35.0 Å². The number of ether oxygens (including phenoxy) is 1. The molecule has 0 radical (unpaired) electrons. The largest absolute Gasteiger partial charge is 0.467 e. The number of carbonyl (C=O) groups excluding carboxylic acids is 2. The number of esters is 1. The highest BCUT2D eigenvalue weighted by Crippen LogP contribution is 2.28. The van der Waals surface area contributed by atoms with E-state index < -0.39 is 29.0 Å². The summed E-state index contributed by atoms with van der Waals surface area (Å²) in [6, 6.07) is 9.45. The van der Waals surface area contributed by atoms with Gasteiger partial charge in [0.1, 0.15) is 11.6 Å². The first kappa shape index (κ1) is 22.9. The highest BCUT2D eigenvalue weighted by atomic mass is 32.2. The predicted molar refractivity (Wildman–Crippen MR) is 116 cm³/mol. The number of carbonyl (C=O) groups is 2. The minimum Gasteiger partial charge on any atom is -0.467 e. The molecule has 0 unspecified atom stereocenters. The second-order valence-electron chi connectivity index (χ2n) is 6.87. The molecule has 31 heavy (non-hydrogen) atoms. The number of aryl methyl sites for hydroxylation is 1. The first-order valence-corrected chi connectivity index (χ1v) is 11.1. The number of halogens is 2. The Morgan fingerprint density at radius 2 is 1.90 bits per heavy atom. The highest BCUT2D eigenvalue weighted by Gasteiger charge is 2.40. The Bertz CT molecular complexity index is 1100. The Kier molecular flexibility index (Phi) is 7.07. The summed E-state index contributed by atoms with van der Waals surface area (Å²) in [6.45, 7) is 3.22. The van der Waals surface area contributed by atoms with E-state index in [0.29, 0.717) is 5.75 Å². The van der Waals surface area contributed by atoms with Gasteiger partial charge in [-0.25, -0.2) is 18.6 Å². The van der Waals surface area contributed by atoms with E-state index in [0.717, 1.165) is 40.9 Å². The molecule has 0 spiro atoms. The van der Waals surface area contributed by atoms with Gasteiger partial charge in [-0.05, 0) is 56.3 Å². The molecular weight excluding hydrogens is 442 g/mol. The molecule has 0 bridgehead atoms. The summed E-state index contributed by atoms with van der Waals surface area (Å²) in [5.74, 6) is -2.41. The number of hydrogen-bond donors (Lipinski definition) is 1. The zero-order valence-corrected chi connectivity index (χ0v) is 18.7. The van der Waals surface area contributed by atoms with Gasteiger partial charge in [-0.2, -0.15) is 0 Å². The van der Waals surface area contributed by atoms with Gasteiger partial charge in [-0.1, -0.05) is 0 Å². The van der Waals surface area contributed by atoms with E-state index in [1.54, 1.807) is 47.4 Å². The smallest absolute Gasteiger partial charge is 0.336 e. The molecule has 162 valence electrons. The summed E-state index contributed by atoms with van der Waals surface area (Å²) >= 11 is 3.17. The third-order valence-corrected chi connectivity index (χ3v) is 6.46. The van der Waals surface area contributed by atoms with Crippen LogP contribution in [0.15, 0.2) is 52.7 Å². The summed E-state index contributed by atoms with van der Waals surface area (Å²) < 4.78 is 32.8. The van der Waals surface area contributed by atoms with Crippen LogP contribution in [-0.2, 0) is 20.8 Å². The molecule has 0 fully saturated rings. The molecule has 1 heterocycles. The number of methoxy groups -OCH3 is 1. The second-order valence-corrected chi connectivity index (χ2v) is 8.98. The summed E-state index contributed by atoms with van der Waals surface area (Å²) in [5, 5.41) is 5.50. The van der Waals surface area contributed by atoms with Crippen LogP contribution in [0.5, 0.6) is 0 Å². The average Bonchev–Trinajstić information content (AvgIpc) is 3.18. The van der Waals surface area contributed by atoms with Crippen LogP contribution in [0.25, 0.3) is 0 Å². The molecule has 3 aromatic rings. The summed E-state index contributed by atoms with van der Waals surface area (Å²) in [6.07, 6.45) is 0. The molecule has 1 atom stereocenters. The van der Waals surface area contributed by atoms with Gasteiger partial charge in [0.2, 0.25) is 0 Å². The standard InChI is InChI=1S/C22H20F2N2O3S2/c1-13-25-16(11-30-13)12-31-17-7-4-14(5-8-17)20(27)26-22(2,21(28)29-3)18-10-15(23)6-9-19(18)24/h4-11H,12H2,1-3H3,(H,26,27)/t22-/m0/s1. The van der Waals surface area contributed by atoms with Gasteiger partial charge >= 0.3 is 5.97 Å². The van der Waals surface area contributed by atoms with E-state index in [1.807, 2.05) is 12.3 Å². The summed E-state index contributed by atoms with van der Waals surface area (Å²) in [5.41, 5.74) is -0.979. The van der Waals surface area contributed by atoms with Crippen LogP contribution in [0.2, 0.25) is 0 Å². The number of thiazole rings is 1. The van der Waals surface area contributed by atoms with E-state index in [-0.39, 0.29) is 11.1 Å². The number of nitrogens with one attached hydrogen (secondary N) is 1. The number of aromatic nitrogens is 1. The van der Waals surface area contributed by atoms with Crippen molar-refractivity contribution in [2.24, 2.45) is 0 Å². The van der Waals surface area contributed by atoms with Crippen LogP contribution in [0, 0.1) is 18.6 Å². The molecule has 0 aliphatic heterocycles. The van der Waals surface area contributed by atoms with Crippen LogP contribution in [0.3, 0.4) is 0 Å². The minimum absolute atomic E-state index is 0.265. The van der Waals surface area contributed by atoms with E-state index in [2.05, 4.69) is 10.3 Å². The Morgan fingerprint density at radius 3 is 2.52 bits per heavy atom. The molecule has 2 aromatic carbocycles. The second kappa shape index (κ2) is 9.57. The quantitative estimate of drug-likeness (QED) is 0.402. The maximum absolute atomic E-state index is 14.4. The lowest BCUT2D eigenvalue weighted by molar-refractivity contribution is -0.148. The van der Waals surface area contributed by atoms with Gasteiger partial charge < -0.3 is 10.1 Å². The lowest BCUT2D eigenvalue weighted by atomic mass is 9.90. The van der Waals surface area contributed by atoms with Crippen LogP contribution in [-0.4, -0.2) is 24.0 Å². The maximum atomic E-state index is 14.4. The lowest BCUT2D eigenvalue weighted by Crippen LogP contribution is -2.50. The monoisotopic (exact) mass is 462 g/mol. The molecule has 0 aliphatic carbocycles. The number of benzene rings is 2. The fourth-order valence-electron chi connectivity index (χ4n) is 2.95. The van der Waals surface area contributed by atoms with Crippen molar-refractivity contribution in [2.45, 2.75) is 30.0 Å². The molecule has 1 aromatic heterocycles. The average molecular weight is 463 g/mol. The van der Waals surface area contributed by atoms with Gasteiger partial charge in [-0.15, -0.1) is 23.1 Å². The molecule has 3 rings (SSSR count). The van der Waals surface area contributed by atoms with Crippen molar-refractivity contribution < 1.29 is 23.1 Å². The van der Waals surface area contributed by atoms with Crippen molar-refractivity contribution in [3.05, 3.63) is 81.3 Å². The van der Waals surface area contributed by atoms with Gasteiger partial charge in [-0.3, -0.25) is 4.79 Å². The molecule has 0 aliphatic rings. The van der Waals surface area contributed by atoms with Crippen LogP contribution in [0.4, 0.5) is 8.78 Å². The number of hydrogen-bond acceptors (Lipinski definition) is 6. The molecule has 5 nitrogen and oxygen atoms in total. The molecule has 9 heteroatoms. The lowest BCUT2D eigenvalue weighted by Gasteiger charge is -2.29. The van der Waals surface area contributed by atoms with Gasteiger partial charge in [0.15, 0.2) is 5.54 Å². The molecule has 1 N–H and O–H groups in total. The molecular formula is C22H20F2N2O3S2. The van der Waals surface area contributed by atoms with Crippen LogP contribution < -0.4 is 5.32 Å². The Hall–Kier alpha value is -2.78. The predicted octanol–water partition coefficient (Wildman–Crippen LogP) is 4.84. The summed E-state index contributed by atoms with van der Waals surface area (Å²) in [4.78, 5) is 30.5. The number of rotatable bonds is 7. The first-order valence-electron chi connectivity index (χ1n) is 9.23. The summed E-state index contributed by atoms with van der Waals surface area (Å²) in [7, 11) is 1.11. The Morgan fingerprint density at radius 1 is 1.19 bits per heavy atom. The number of amides is 1. The fraction of sp³-hybridized carbons (Fsp3) is 0.227. The Balaban J connectivity index is 1.77. The third-order valence-electron chi connectivity index (χ3n) is 4.59. The molecule has 1 amide bonds.